The second kappa shape index (κ2) is 7.70. The van der Waals surface area contributed by atoms with E-state index in [1.54, 1.807) is 24.3 Å². The van der Waals surface area contributed by atoms with E-state index in [0.29, 0.717) is 11.4 Å². The number of carbonyl (C=O) groups excluding carboxylic acids is 2. The molecule has 0 bridgehead atoms. The Morgan fingerprint density at radius 2 is 1.72 bits per heavy atom. The van der Waals surface area contributed by atoms with Gasteiger partial charge in [-0.2, -0.15) is 0 Å². The molecule has 1 atom stereocenters. The van der Waals surface area contributed by atoms with Gasteiger partial charge < -0.3 is 10.5 Å². The number of amides is 1. The maximum atomic E-state index is 13.8. The summed E-state index contributed by atoms with van der Waals surface area (Å²) in [7, 11) is 0. The van der Waals surface area contributed by atoms with Gasteiger partial charge in [-0.1, -0.05) is 49.6 Å². The first-order valence-corrected chi connectivity index (χ1v) is 10.1. The number of hydrogen-bond acceptors (Lipinski definition) is 5. The number of nitrogens with zero attached hydrogens (tertiary/aromatic N) is 2. The van der Waals surface area contributed by atoms with Gasteiger partial charge in [0.25, 0.3) is 5.91 Å². The molecule has 6 heteroatoms. The van der Waals surface area contributed by atoms with Gasteiger partial charge in [0.05, 0.1) is 5.69 Å². The lowest BCUT2D eigenvalue weighted by Gasteiger charge is -2.36. The van der Waals surface area contributed by atoms with Crippen LogP contribution in [0.4, 0.5) is 5.69 Å². The Morgan fingerprint density at radius 1 is 1.07 bits per heavy atom. The van der Waals surface area contributed by atoms with E-state index in [1.165, 1.54) is 18.2 Å². The summed E-state index contributed by atoms with van der Waals surface area (Å²) in [6.07, 6.45) is 5.29. The first-order valence-electron chi connectivity index (χ1n) is 10.1. The van der Waals surface area contributed by atoms with Crippen molar-refractivity contribution in [3.63, 3.8) is 0 Å². The third-order valence-electron chi connectivity index (χ3n) is 5.82. The van der Waals surface area contributed by atoms with E-state index in [9.17, 15) is 9.59 Å². The zero-order valence-corrected chi connectivity index (χ0v) is 16.5. The first-order chi connectivity index (χ1) is 14.0. The molecule has 1 fully saturated rings. The van der Waals surface area contributed by atoms with Crippen LogP contribution >= 0.6 is 0 Å². The average Bonchev–Trinajstić information content (AvgIpc) is 3.01. The fourth-order valence-corrected chi connectivity index (χ4v) is 4.53. The minimum atomic E-state index is -0.986. The van der Waals surface area contributed by atoms with Gasteiger partial charge in [0, 0.05) is 6.92 Å². The summed E-state index contributed by atoms with van der Waals surface area (Å²) in [5.41, 5.74) is 6.82. The summed E-state index contributed by atoms with van der Waals surface area (Å²) in [6.45, 7) is 1.35. The van der Waals surface area contributed by atoms with Crippen LogP contribution in [0, 0.1) is 5.92 Å². The van der Waals surface area contributed by atoms with E-state index in [4.69, 9.17) is 15.5 Å². The van der Waals surface area contributed by atoms with Crippen LogP contribution in [0.3, 0.4) is 0 Å². The predicted octanol–water partition coefficient (Wildman–Crippen LogP) is 3.75. The van der Waals surface area contributed by atoms with Crippen LogP contribution in [0.15, 0.2) is 59.6 Å². The van der Waals surface area contributed by atoms with Gasteiger partial charge in [0.2, 0.25) is 5.96 Å². The molecular weight excluding hydrogens is 366 g/mol. The SMILES string of the molecule is CC(=O)Oc1ccc(N2C(=O)C(c3ccccc3)(C3CCCCC3)N=C2N)cc1. The lowest BCUT2D eigenvalue weighted by atomic mass is 9.71. The van der Waals surface area contributed by atoms with E-state index in [1.807, 2.05) is 30.3 Å². The molecule has 4 rings (SSSR count). The van der Waals surface area contributed by atoms with Gasteiger partial charge in [0.1, 0.15) is 5.75 Å². The fourth-order valence-electron chi connectivity index (χ4n) is 4.53. The molecule has 150 valence electrons. The van der Waals surface area contributed by atoms with Crippen molar-refractivity contribution in [3.8, 4) is 5.75 Å². The number of rotatable bonds is 4. The maximum Gasteiger partial charge on any atom is 0.308 e. The molecule has 1 unspecified atom stereocenters. The number of anilines is 1. The first kappa shape index (κ1) is 19.2. The second-order valence-corrected chi connectivity index (χ2v) is 7.67. The molecular formula is C23H25N3O3. The van der Waals surface area contributed by atoms with Crippen LogP contribution in [0.25, 0.3) is 0 Å². The van der Waals surface area contributed by atoms with Gasteiger partial charge >= 0.3 is 5.97 Å². The summed E-state index contributed by atoms with van der Waals surface area (Å²) in [5, 5.41) is 0. The van der Waals surface area contributed by atoms with Gasteiger partial charge in [0.15, 0.2) is 5.54 Å². The number of nitrogens with two attached hydrogens (primary N) is 1. The molecule has 6 nitrogen and oxygen atoms in total. The molecule has 0 aromatic heterocycles. The summed E-state index contributed by atoms with van der Waals surface area (Å²) >= 11 is 0. The molecule has 2 N–H and O–H groups in total. The third kappa shape index (κ3) is 3.39. The standard InChI is InChI=1S/C23H25N3O3/c1-16(27)29-20-14-12-19(13-15-20)26-21(28)23(25-22(26)24,17-8-4-2-5-9-17)18-10-6-3-7-11-18/h2,4-5,8-9,12-15,18H,3,6-7,10-11H2,1H3,(H2,24,25). The molecule has 1 heterocycles. The summed E-state index contributed by atoms with van der Waals surface area (Å²) < 4.78 is 5.09. The van der Waals surface area contributed by atoms with Crippen LogP contribution < -0.4 is 15.4 Å². The summed E-state index contributed by atoms with van der Waals surface area (Å²) in [6, 6.07) is 16.5. The van der Waals surface area contributed by atoms with Crippen molar-refractivity contribution in [2.75, 3.05) is 4.90 Å². The monoisotopic (exact) mass is 391 g/mol. The van der Waals surface area contributed by atoms with Crippen molar-refractivity contribution in [1.29, 1.82) is 0 Å². The largest absolute Gasteiger partial charge is 0.427 e. The number of aliphatic imine (C=N–C) groups is 1. The van der Waals surface area contributed by atoms with E-state index in [0.717, 1.165) is 31.2 Å². The maximum absolute atomic E-state index is 13.8. The Balaban J connectivity index is 1.73. The lowest BCUT2D eigenvalue weighted by molar-refractivity contribution is -0.132. The van der Waals surface area contributed by atoms with Gasteiger partial charge in [-0.05, 0) is 48.6 Å². The Bertz CT molecular complexity index is 934. The molecule has 2 aromatic rings. The van der Waals surface area contributed by atoms with Crippen molar-refractivity contribution < 1.29 is 14.3 Å². The molecule has 0 spiro atoms. The van der Waals surface area contributed by atoms with E-state index in [2.05, 4.69) is 0 Å². The van der Waals surface area contributed by atoms with Crippen LogP contribution in [0.1, 0.15) is 44.6 Å². The highest BCUT2D eigenvalue weighted by Gasteiger charge is 2.54. The second-order valence-electron chi connectivity index (χ2n) is 7.67. The van der Waals surface area contributed by atoms with Crippen molar-refractivity contribution in [2.45, 2.75) is 44.6 Å². The van der Waals surface area contributed by atoms with E-state index in [-0.39, 0.29) is 17.8 Å². The quantitative estimate of drug-likeness (QED) is 0.635. The Labute approximate surface area is 170 Å². The van der Waals surface area contributed by atoms with E-state index < -0.39 is 11.5 Å². The van der Waals surface area contributed by atoms with Crippen molar-refractivity contribution >= 4 is 23.5 Å². The third-order valence-corrected chi connectivity index (χ3v) is 5.82. The van der Waals surface area contributed by atoms with Crippen LogP contribution in [-0.2, 0) is 15.1 Å². The van der Waals surface area contributed by atoms with Gasteiger partial charge in [-0.25, -0.2) is 9.89 Å². The minimum Gasteiger partial charge on any atom is -0.427 e. The average molecular weight is 391 g/mol. The minimum absolute atomic E-state index is 0.117. The number of ether oxygens (including phenoxy) is 1. The van der Waals surface area contributed by atoms with Crippen molar-refractivity contribution in [3.05, 3.63) is 60.2 Å². The highest BCUT2D eigenvalue weighted by Crippen LogP contribution is 2.47. The molecule has 1 aliphatic carbocycles. The van der Waals surface area contributed by atoms with Crippen LogP contribution in [0.2, 0.25) is 0 Å². The molecule has 1 aliphatic heterocycles. The van der Waals surface area contributed by atoms with Crippen LogP contribution in [-0.4, -0.2) is 17.8 Å². The predicted molar refractivity (Wildman–Crippen MR) is 112 cm³/mol. The Morgan fingerprint density at radius 3 is 2.34 bits per heavy atom. The zero-order chi connectivity index (χ0) is 20.4. The number of hydrogen-bond donors (Lipinski definition) is 1. The van der Waals surface area contributed by atoms with Crippen molar-refractivity contribution in [2.24, 2.45) is 16.6 Å². The molecule has 0 radical (unpaired) electrons. The van der Waals surface area contributed by atoms with E-state index >= 15 is 0 Å². The molecule has 1 saturated carbocycles. The molecule has 2 aliphatic rings. The highest BCUT2D eigenvalue weighted by molar-refractivity contribution is 6.23. The Hall–Kier alpha value is -3.15. The molecule has 1 amide bonds. The number of guanidine groups is 1. The molecule has 0 saturated heterocycles. The number of esters is 1. The summed E-state index contributed by atoms with van der Waals surface area (Å²) in [5.74, 6) is 0.231. The van der Waals surface area contributed by atoms with Crippen LogP contribution in [0.5, 0.6) is 5.75 Å². The normalized spacial score (nSPS) is 22.4. The zero-order valence-electron chi connectivity index (χ0n) is 16.5. The number of carbonyl (C=O) groups is 2. The molecule has 2 aromatic carbocycles. The highest BCUT2D eigenvalue weighted by atomic mass is 16.5. The lowest BCUT2D eigenvalue weighted by Crippen LogP contribution is -2.47. The Kier molecular flexibility index (Phi) is 5.09. The van der Waals surface area contributed by atoms with Gasteiger partial charge in [-0.3, -0.25) is 9.59 Å². The molecule has 29 heavy (non-hydrogen) atoms. The fraction of sp³-hybridized carbons (Fsp3) is 0.348. The van der Waals surface area contributed by atoms with Gasteiger partial charge in [-0.15, -0.1) is 0 Å². The number of benzene rings is 2. The van der Waals surface area contributed by atoms with Crippen molar-refractivity contribution in [1.82, 2.24) is 0 Å². The smallest absolute Gasteiger partial charge is 0.308 e. The summed E-state index contributed by atoms with van der Waals surface area (Å²) in [4.78, 5) is 31.3. The topological polar surface area (TPSA) is 85.0 Å².